The van der Waals surface area contributed by atoms with Gasteiger partial charge in [-0.3, -0.25) is 19.7 Å². The van der Waals surface area contributed by atoms with Gasteiger partial charge in [-0.15, -0.1) is 0 Å². The zero-order valence-electron chi connectivity index (χ0n) is 12.2. The number of nitrogen functional groups attached to an aromatic ring is 1. The first-order valence-electron chi connectivity index (χ1n) is 6.63. The van der Waals surface area contributed by atoms with Crippen molar-refractivity contribution in [2.24, 2.45) is 5.84 Å². The largest absolute Gasteiger partial charge is 0.318 e. The first kappa shape index (κ1) is 16.0. The number of benzene rings is 1. The van der Waals surface area contributed by atoms with Crippen molar-refractivity contribution < 1.29 is 9.59 Å². The number of hydrogen-bond donors (Lipinski definition) is 3. The number of rotatable bonds is 4. The summed E-state index contributed by atoms with van der Waals surface area (Å²) in [6, 6.07) is 6.65. The molecule has 0 unspecified atom stereocenters. The van der Waals surface area contributed by atoms with E-state index < -0.39 is 11.8 Å². The highest BCUT2D eigenvalue weighted by Gasteiger charge is 2.23. The highest BCUT2D eigenvalue weighted by molar-refractivity contribution is 6.34. The van der Waals surface area contributed by atoms with E-state index >= 15 is 0 Å². The van der Waals surface area contributed by atoms with Gasteiger partial charge in [0.1, 0.15) is 0 Å². The first-order chi connectivity index (χ1) is 10.5. The first-order valence-corrected chi connectivity index (χ1v) is 7.01. The quantitative estimate of drug-likeness (QED) is 0.453. The molecule has 7 nitrogen and oxygen atoms in total. The molecule has 2 aromatic rings. The lowest BCUT2D eigenvalue weighted by Crippen LogP contribution is -2.33. The van der Waals surface area contributed by atoms with Crippen LogP contribution in [0.4, 0.5) is 5.69 Å². The Morgan fingerprint density at radius 3 is 2.59 bits per heavy atom. The number of anilines is 1. The molecule has 0 atom stereocenters. The van der Waals surface area contributed by atoms with Crippen LogP contribution in [0.2, 0.25) is 5.02 Å². The Labute approximate surface area is 132 Å². The molecule has 0 fully saturated rings. The maximum absolute atomic E-state index is 12.4. The van der Waals surface area contributed by atoms with Crippen molar-refractivity contribution in [3.8, 4) is 0 Å². The van der Waals surface area contributed by atoms with Crippen molar-refractivity contribution in [2.75, 3.05) is 5.32 Å². The van der Waals surface area contributed by atoms with E-state index in [9.17, 15) is 9.59 Å². The molecule has 0 radical (unpaired) electrons. The summed E-state index contributed by atoms with van der Waals surface area (Å²) in [6.07, 6.45) is 0. The van der Waals surface area contributed by atoms with Crippen LogP contribution in [-0.4, -0.2) is 21.6 Å². The van der Waals surface area contributed by atoms with E-state index in [2.05, 4.69) is 15.8 Å². The van der Waals surface area contributed by atoms with Gasteiger partial charge in [-0.2, -0.15) is 5.10 Å². The highest BCUT2D eigenvalue weighted by atomic mass is 35.5. The van der Waals surface area contributed by atoms with Gasteiger partial charge in [0.15, 0.2) is 5.69 Å². The van der Waals surface area contributed by atoms with Crippen molar-refractivity contribution >= 4 is 29.1 Å². The maximum Gasteiger partial charge on any atom is 0.285 e. The van der Waals surface area contributed by atoms with Crippen molar-refractivity contribution in [3.05, 3.63) is 46.2 Å². The Bertz CT molecular complexity index is 726. The van der Waals surface area contributed by atoms with Crippen LogP contribution in [0, 0.1) is 6.92 Å². The van der Waals surface area contributed by atoms with Crippen LogP contribution >= 0.6 is 11.6 Å². The number of nitrogens with zero attached hydrogens (tertiary/aromatic N) is 2. The minimum atomic E-state index is -0.531. The van der Waals surface area contributed by atoms with Crippen molar-refractivity contribution in [1.82, 2.24) is 15.2 Å². The lowest BCUT2D eigenvalue weighted by Gasteiger charge is -2.09. The molecule has 0 bridgehead atoms. The highest BCUT2D eigenvalue weighted by Crippen LogP contribution is 2.23. The smallest absolute Gasteiger partial charge is 0.285 e. The molecule has 1 aromatic carbocycles. The van der Waals surface area contributed by atoms with E-state index in [1.165, 1.54) is 4.68 Å². The Morgan fingerprint density at radius 2 is 2.00 bits per heavy atom. The summed E-state index contributed by atoms with van der Waals surface area (Å²) in [7, 11) is 0. The van der Waals surface area contributed by atoms with Gasteiger partial charge in [0.2, 0.25) is 0 Å². The van der Waals surface area contributed by atoms with Gasteiger partial charge >= 0.3 is 0 Å². The van der Waals surface area contributed by atoms with E-state index in [1.807, 2.05) is 6.92 Å². The van der Waals surface area contributed by atoms with Gasteiger partial charge in [0, 0.05) is 6.54 Å². The fraction of sp³-hybridized carbons (Fsp3) is 0.214. The fourth-order valence-electron chi connectivity index (χ4n) is 2.09. The van der Waals surface area contributed by atoms with Crippen LogP contribution in [0.1, 0.15) is 33.5 Å². The molecule has 0 spiro atoms. The third-order valence-corrected chi connectivity index (χ3v) is 3.46. The number of amides is 2. The molecule has 4 N–H and O–H groups in total. The number of carbonyl (C=O) groups is 2. The van der Waals surface area contributed by atoms with Gasteiger partial charge < -0.3 is 5.32 Å². The third kappa shape index (κ3) is 2.95. The second-order valence-electron chi connectivity index (χ2n) is 4.53. The number of aryl methyl sites for hydroxylation is 2. The second kappa shape index (κ2) is 6.59. The van der Waals surface area contributed by atoms with Gasteiger partial charge in [0.05, 0.1) is 22.0 Å². The molecule has 2 amide bonds. The molecule has 8 heteroatoms. The molecule has 0 aliphatic carbocycles. The second-order valence-corrected chi connectivity index (χ2v) is 4.94. The summed E-state index contributed by atoms with van der Waals surface area (Å²) in [5.74, 6) is 4.25. The molecule has 0 saturated carbocycles. The van der Waals surface area contributed by atoms with Crippen molar-refractivity contribution in [1.29, 1.82) is 0 Å². The van der Waals surface area contributed by atoms with E-state index in [4.69, 9.17) is 17.4 Å². The maximum atomic E-state index is 12.4. The van der Waals surface area contributed by atoms with Crippen LogP contribution in [0.25, 0.3) is 0 Å². The van der Waals surface area contributed by atoms with Gasteiger partial charge in [-0.25, -0.2) is 5.84 Å². The summed E-state index contributed by atoms with van der Waals surface area (Å²) in [6.45, 7) is 3.99. The lowest BCUT2D eigenvalue weighted by molar-refractivity contribution is 0.0944. The molecule has 0 aliphatic rings. The molecule has 22 heavy (non-hydrogen) atoms. The third-order valence-electron chi connectivity index (χ3n) is 3.13. The average molecular weight is 322 g/mol. The molecular formula is C14H16ClN5O2. The van der Waals surface area contributed by atoms with Gasteiger partial charge in [-0.1, -0.05) is 23.7 Å². The number of halogens is 1. The van der Waals surface area contributed by atoms with E-state index in [0.29, 0.717) is 28.5 Å². The molecule has 116 valence electrons. The number of carbonyl (C=O) groups excluding carboxylic acids is 2. The number of hydrazine groups is 1. The summed E-state index contributed by atoms with van der Waals surface area (Å²) in [5, 5.41) is 7.23. The average Bonchev–Trinajstić information content (AvgIpc) is 2.83. The van der Waals surface area contributed by atoms with Crippen LogP contribution in [-0.2, 0) is 6.54 Å². The zero-order valence-corrected chi connectivity index (χ0v) is 12.9. The Morgan fingerprint density at radius 1 is 1.32 bits per heavy atom. The van der Waals surface area contributed by atoms with E-state index in [0.717, 1.165) is 0 Å². The van der Waals surface area contributed by atoms with Crippen LogP contribution < -0.4 is 16.6 Å². The van der Waals surface area contributed by atoms with E-state index in [1.54, 1.807) is 31.2 Å². The summed E-state index contributed by atoms with van der Waals surface area (Å²) >= 11 is 6.01. The number of aromatic nitrogens is 2. The number of hydrogen-bond acceptors (Lipinski definition) is 4. The molecule has 0 saturated heterocycles. The number of nitrogens with two attached hydrogens (primary N) is 1. The molecule has 0 aliphatic heterocycles. The Balaban J connectivity index is 2.41. The SMILES string of the molecule is CCn1nc(C)c(NC(=O)c2ccccc2Cl)c1C(=O)NN. The topological polar surface area (TPSA) is 102 Å². The fourth-order valence-corrected chi connectivity index (χ4v) is 2.31. The summed E-state index contributed by atoms with van der Waals surface area (Å²) in [4.78, 5) is 24.3. The molecule has 1 aromatic heterocycles. The van der Waals surface area contributed by atoms with Crippen LogP contribution in [0.3, 0.4) is 0 Å². The van der Waals surface area contributed by atoms with E-state index in [-0.39, 0.29) is 5.69 Å². The minimum absolute atomic E-state index is 0.197. The zero-order chi connectivity index (χ0) is 16.3. The predicted octanol–water partition coefficient (Wildman–Crippen LogP) is 1.72. The predicted molar refractivity (Wildman–Crippen MR) is 83.7 cm³/mol. The van der Waals surface area contributed by atoms with Crippen molar-refractivity contribution in [3.63, 3.8) is 0 Å². The standard InChI is InChI=1S/C14H16ClN5O2/c1-3-20-12(14(22)18-16)11(8(2)19-20)17-13(21)9-6-4-5-7-10(9)15/h4-7H,3,16H2,1-2H3,(H,17,21)(H,18,22). The lowest BCUT2D eigenvalue weighted by atomic mass is 10.2. The van der Waals surface area contributed by atoms with Crippen molar-refractivity contribution in [2.45, 2.75) is 20.4 Å². The molecular weight excluding hydrogens is 306 g/mol. The summed E-state index contributed by atoms with van der Waals surface area (Å²) in [5.41, 5.74) is 3.40. The monoisotopic (exact) mass is 321 g/mol. The van der Waals surface area contributed by atoms with Crippen LogP contribution in [0.15, 0.2) is 24.3 Å². The van der Waals surface area contributed by atoms with Gasteiger partial charge in [0.25, 0.3) is 11.8 Å². The molecule has 2 rings (SSSR count). The Kier molecular flexibility index (Phi) is 4.79. The minimum Gasteiger partial charge on any atom is -0.318 e. The number of nitrogens with one attached hydrogen (secondary N) is 2. The van der Waals surface area contributed by atoms with Crippen LogP contribution in [0.5, 0.6) is 0 Å². The Hall–Kier alpha value is -2.38. The van der Waals surface area contributed by atoms with Gasteiger partial charge in [-0.05, 0) is 26.0 Å². The summed E-state index contributed by atoms with van der Waals surface area (Å²) < 4.78 is 1.47. The molecule has 1 heterocycles. The normalized spacial score (nSPS) is 10.4.